The van der Waals surface area contributed by atoms with Gasteiger partial charge in [-0.15, -0.1) is 0 Å². The SMILES string of the molecule is Cn1ccnc1CCNCC1CC2CCC1C2. The fraction of sp³-hybridized carbons (Fsp3) is 0.786. The summed E-state index contributed by atoms with van der Waals surface area (Å²) in [6.07, 6.45) is 11.0. The molecule has 1 aromatic rings. The quantitative estimate of drug-likeness (QED) is 0.788. The predicted octanol–water partition coefficient (Wildman–Crippen LogP) is 1.99. The summed E-state index contributed by atoms with van der Waals surface area (Å²) in [6.45, 7) is 2.30. The summed E-state index contributed by atoms with van der Waals surface area (Å²) in [5, 5.41) is 3.62. The average Bonchev–Trinajstić information content (AvgIpc) is 3.01. The van der Waals surface area contributed by atoms with Gasteiger partial charge in [0.25, 0.3) is 0 Å². The number of hydrogen-bond acceptors (Lipinski definition) is 2. The molecular weight excluding hydrogens is 210 g/mol. The van der Waals surface area contributed by atoms with Gasteiger partial charge < -0.3 is 9.88 Å². The summed E-state index contributed by atoms with van der Waals surface area (Å²) in [6, 6.07) is 0. The van der Waals surface area contributed by atoms with Crippen molar-refractivity contribution in [1.82, 2.24) is 14.9 Å². The highest BCUT2D eigenvalue weighted by Crippen LogP contribution is 2.47. The Morgan fingerprint density at radius 2 is 2.35 bits per heavy atom. The molecule has 0 radical (unpaired) electrons. The van der Waals surface area contributed by atoms with Crippen molar-refractivity contribution in [3.63, 3.8) is 0 Å². The third-order valence-corrected chi connectivity index (χ3v) is 4.74. The Morgan fingerprint density at radius 1 is 1.41 bits per heavy atom. The third kappa shape index (κ3) is 2.39. The van der Waals surface area contributed by atoms with Crippen LogP contribution in [0.15, 0.2) is 12.4 Å². The second-order valence-electron chi connectivity index (χ2n) is 5.84. The first-order chi connectivity index (χ1) is 8.33. The summed E-state index contributed by atoms with van der Waals surface area (Å²) in [4.78, 5) is 4.35. The average molecular weight is 233 g/mol. The number of rotatable bonds is 5. The first kappa shape index (κ1) is 11.3. The fourth-order valence-electron chi connectivity index (χ4n) is 3.75. The maximum absolute atomic E-state index is 4.35. The lowest BCUT2D eigenvalue weighted by Crippen LogP contribution is -2.28. The van der Waals surface area contributed by atoms with Crippen molar-refractivity contribution < 1.29 is 0 Å². The molecule has 0 amide bonds. The number of aryl methyl sites for hydroxylation is 1. The zero-order chi connectivity index (χ0) is 11.7. The molecule has 2 fully saturated rings. The Hall–Kier alpha value is -0.830. The highest BCUT2D eigenvalue weighted by molar-refractivity contribution is 4.93. The van der Waals surface area contributed by atoms with Gasteiger partial charge in [0.1, 0.15) is 5.82 Å². The van der Waals surface area contributed by atoms with E-state index in [4.69, 9.17) is 0 Å². The number of nitrogens with zero attached hydrogens (tertiary/aromatic N) is 2. The zero-order valence-corrected chi connectivity index (χ0v) is 10.7. The van der Waals surface area contributed by atoms with Crippen molar-refractivity contribution in [2.45, 2.75) is 32.1 Å². The van der Waals surface area contributed by atoms with Gasteiger partial charge in [-0.3, -0.25) is 0 Å². The second kappa shape index (κ2) is 4.81. The van der Waals surface area contributed by atoms with Crippen LogP contribution in [0.2, 0.25) is 0 Å². The van der Waals surface area contributed by atoms with Crippen molar-refractivity contribution in [3.05, 3.63) is 18.2 Å². The van der Waals surface area contributed by atoms with E-state index in [-0.39, 0.29) is 0 Å². The standard InChI is InChI=1S/C14H23N3/c1-17-7-6-16-14(17)4-5-15-10-13-9-11-2-3-12(13)8-11/h6-7,11-13,15H,2-5,8-10H2,1H3. The second-order valence-corrected chi connectivity index (χ2v) is 5.84. The summed E-state index contributed by atoms with van der Waals surface area (Å²) >= 11 is 0. The molecular formula is C14H23N3. The van der Waals surface area contributed by atoms with E-state index in [1.807, 2.05) is 12.4 Å². The monoisotopic (exact) mass is 233 g/mol. The van der Waals surface area contributed by atoms with Gasteiger partial charge in [-0.1, -0.05) is 6.42 Å². The van der Waals surface area contributed by atoms with Crippen LogP contribution in [0.3, 0.4) is 0 Å². The molecule has 3 nitrogen and oxygen atoms in total. The number of aromatic nitrogens is 2. The van der Waals surface area contributed by atoms with E-state index in [2.05, 4.69) is 21.9 Å². The topological polar surface area (TPSA) is 29.9 Å². The highest BCUT2D eigenvalue weighted by Gasteiger charge is 2.38. The van der Waals surface area contributed by atoms with Gasteiger partial charge in [0.15, 0.2) is 0 Å². The number of hydrogen-bond donors (Lipinski definition) is 1. The summed E-state index contributed by atoms with van der Waals surface area (Å²) < 4.78 is 2.11. The van der Waals surface area contributed by atoms with E-state index in [1.54, 1.807) is 0 Å². The lowest BCUT2D eigenvalue weighted by Gasteiger charge is -2.21. The van der Waals surface area contributed by atoms with Crippen LogP contribution in [0.5, 0.6) is 0 Å². The Balaban J connectivity index is 1.37. The maximum atomic E-state index is 4.35. The minimum absolute atomic E-state index is 0.968. The minimum Gasteiger partial charge on any atom is -0.338 e. The van der Waals surface area contributed by atoms with Crippen LogP contribution in [0.25, 0.3) is 0 Å². The van der Waals surface area contributed by atoms with Crippen molar-refractivity contribution in [3.8, 4) is 0 Å². The highest BCUT2D eigenvalue weighted by atomic mass is 15.0. The van der Waals surface area contributed by atoms with Crippen LogP contribution < -0.4 is 5.32 Å². The summed E-state index contributed by atoms with van der Waals surface area (Å²) in [7, 11) is 2.07. The molecule has 0 spiro atoms. The van der Waals surface area contributed by atoms with E-state index >= 15 is 0 Å². The fourth-order valence-corrected chi connectivity index (χ4v) is 3.75. The third-order valence-electron chi connectivity index (χ3n) is 4.74. The van der Waals surface area contributed by atoms with Crippen molar-refractivity contribution in [1.29, 1.82) is 0 Å². The normalized spacial score (nSPS) is 31.2. The molecule has 2 bridgehead atoms. The predicted molar refractivity (Wildman–Crippen MR) is 68.7 cm³/mol. The van der Waals surface area contributed by atoms with Crippen molar-refractivity contribution in [2.24, 2.45) is 24.8 Å². The summed E-state index contributed by atoms with van der Waals surface area (Å²) in [5.41, 5.74) is 0. The van der Waals surface area contributed by atoms with E-state index in [0.717, 1.165) is 30.7 Å². The van der Waals surface area contributed by atoms with Gasteiger partial charge in [0, 0.05) is 32.4 Å². The lowest BCUT2D eigenvalue weighted by atomic mass is 9.89. The Morgan fingerprint density at radius 3 is 3.00 bits per heavy atom. The molecule has 1 N–H and O–H groups in total. The first-order valence-corrected chi connectivity index (χ1v) is 7.00. The van der Waals surface area contributed by atoms with Gasteiger partial charge in [0.05, 0.1) is 0 Å². The molecule has 1 heterocycles. The van der Waals surface area contributed by atoms with Crippen LogP contribution in [-0.2, 0) is 13.5 Å². The molecule has 17 heavy (non-hydrogen) atoms. The molecule has 0 aromatic carbocycles. The smallest absolute Gasteiger partial charge is 0.109 e. The Bertz CT molecular complexity index is 371. The van der Waals surface area contributed by atoms with Gasteiger partial charge in [0.2, 0.25) is 0 Å². The molecule has 0 saturated heterocycles. The van der Waals surface area contributed by atoms with E-state index in [1.165, 1.54) is 38.1 Å². The van der Waals surface area contributed by atoms with Crippen molar-refractivity contribution >= 4 is 0 Å². The van der Waals surface area contributed by atoms with Crippen LogP contribution in [0.4, 0.5) is 0 Å². The zero-order valence-electron chi connectivity index (χ0n) is 10.7. The number of imidazole rings is 1. The summed E-state index contributed by atoms with van der Waals surface area (Å²) in [5.74, 6) is 4.27. The molecule has 0 aliphatic heterocycles. The number of fused-ring (bicyclic) bond motifs is 2. The maximum Gasteiger partial charge on any atom is 0.109 e. The Kier molecular flexibility index (Phi) is 3.19. The van der Waals surface area contributed by atoms with Gasteiger partial charge in [-0.2, -0.15) is 0 Å². The lowest BCUT2D eigenvalue weighted by molar-refractivity contribution is 0.319. The molecule has 1 aromatic heterocycles. The number of nitrogens with one attached hydrogen (secondary N) is 1. The first-order valence-electron chi connectivity index (χ1n) is 7.00. The Labute approximate surface area is 104 Å². The van der Waals surface area contributed by atoms with Crippen LogP contribution in [-0.4, -0.2) is 22.6 Å². The van der Waals surface area contributed by atoms with E-state index in [9.17, 15) is 0 Å². The van der Waals surface area contributed by atoms with E-state index < -0.39 is 0 Å². The van der Waals surface area contributed by atoms with Gasteiger partial charge in [-0.25, -0.2) is 4.98 Å². The molecule has 3 unspecified atom stereocenters. The molecule has 2 aliphatic rings. The van der Waals surface area contributed by atoms with Crippen molar-refractivity contribution in [2.75, 3.05) is 13.1 Å². The van der Waals surface area contributed by atoms with Crippen LogP contribution in [0.1, 0.15) is 31.5 Å². The van der Waals surface area contributed by atoms with Crippen LogP contribution >= 0.6 is 0 Å². The van der Waals surface area contributed by atoms with Gasteiger partial charge >= 0.3 is 0 Å². The minimum atomic E-state index is 0.968. The molecule has 3 heteroatoms. The molecule has 94 valence electrons. The molecule has 3 rings (SSSR count). The molecule has 2 saturated carbocycles. The van der Waals surface area contributed by atoms with Gasteiger partial charge in [-0.05, 0) is 43.6 Å². The van der Waals surface area contributed by atoms with E-state index in [0.29, 0.717) is 0 Å². The largest absolute Gasteiger partial charge is 0.338 e. The molecule has 2 aliphatic carbocycles. The molecule has 3 atom stereocenters. The van der Waals surface area contributed by atoms with Crippen LogP contribution in [0, 0.1) is 17.8 Å².